The van der Waals surface area contributed by atoms with Gasteiger partial charge in [0.15, 0.2) is 0 Å². The van der Waals surface area contributed by atoms with Crippen LogP contribution < -0.4 is 0 Å². The molecule has 0 saturated heterocycles. The first-order chi connectivity index (χ1) is 7.91. The van der Waals surface area contributed by atoms with Crippen LogP contribution in [0.15, 0.2) is 30.5 Å². The summed E-state index contributed by atoms with van der Waals surface area (Å²) in [5.41, 5.74) is 2.10. The molecule has 0 fully saturated rings. The molecule has 3 nitrogen and oxygen atoms in total. The first-order valence-electron chi connectivity index (χ1n) is 5.53. The average Bonchev–Trinajstić information content (AvgIpc) is 2.26. The minimum atomic E-state index is -0.913. The Morgan fingerprint density at radius 3 is 2.53 bits per heavy atom. The number of fused-ring (bicyclic) bond motifs is 1. The van der Waals surface area contributed by atoms with Crippen LogP contribution in [0, 0.1) is 0 Å². The summed E-state index contributed by atoms with van der Waals surface area (Å²) < 4.78 is 0. The summed E-state index contributed by atoms with van der Waals surface area (Å²) in [7, 11) is 0. The Morgan fingerprint density at radius 2 is 1.94 bits per heavy atom. The Labute approximate surface area is 100 Å². The van der Waals surface area contributed by atoms with Crippen molar-refractivity contribution in [3.63, 3.8) is 0 Å². The standard InChI is InChI=1S/C14H15NO2/c1-14(2,3)11-6-4-5-9-10(13(16)17)7-8-15-12(9)11/h4-8H,1-3H3,(H,16,17). The van der Waals surface area contributed by atoms with Gasteiger partial charge < -0.3 is 5.11 Å². The van der Waals surface area contributed by atoms with Crippen molar-refractivity contribution in [3.8, 4) is 0 Å². The van der Waals surface area contributed by atoms with Gasteiger partial charge in [-0.05, 0) is 17.0 Å². The van der Waals surface area contributed by atoms with Crippen molar-refractivity contribution in [2.75, 3.05) is 0 Å². The number of carboxylic acids is 1. The monoisotopic (exact) mass is 229 g/mol. The van der Waals surface area contributed by atoms with E-state index in [0.717, 1.165) is 11.1 Å². The zero-order valence-corrected chi connectivity index (χ0v) is 10.2. The van der Waals surface area contributed by atoms with E-state index in [1.165, 1.54) is 6.07 Å². The molecule has 1 heterocycles. The molecule has 2 rings (SSSR count). The molecule has 1 aromatic heterocycles. The second-order valence-electron chi connectivity index (χ2n) is 5.12. The van der Waals surface area contributed by atoms with Crippen LogP contribution in [0.4, 0.5) is 0 Å². The predicted octanol–water partition coefficient (Wildman–Crippen LogP) is 3.23. The maximum absolute atomic E-state index is 11.1. The van der Waals surface area contributed by atoms with Crippen LogP contribution in [0.1, 0.15) is 36.7 Å². The van der Waals surface area contributed by atoms with Crippen molar-refractivity contribution in [3.05, 3.63) is 41.6 Å². The van der Waals surface area contributed by atoms with Gasteiger partial charge in [0.25, 0.3) is 0 Å². The number of pyridine rings is 1. The van der Waals surface area contributed by atoms with Crippen LogP contribution in [-0.4, -0.2) is 16.1 Å². The molecule has 0 bridgehead atoms. The number of para-hydroxylation sites is 1. The number of benzene rings is 1. The third-order valence-electron chi connectivity index (χ3n) is 2.81. The highest BCUT2D eigenvalue weighted by atomic mass is 16.4. The largest absolute Gasteiger partial charge is 0.478 e. The summed E-state index contributed by atoms with van der Waals surface area (Å²) in [6.07, 6.45) is 1.56. The van der Waals surface area contributed by atoms with E-state index in [4.69, 9.17) is 5.11 Å². The molecule has 2 aromatic rings. The molecule has 0 amide bonds. The smallest absolute Gasteiger partial charge is 0.336 e. The van der Waals surface area contributed by atoms with E-state index in [2.05, 4.69) is 25.8 Å². The van der Waals surface area contributed by atoms with Crippen LogP contribution in [0.25, 0.3) is 10.9 Å². The maximum atomic E-state index is 11.1. The van der Waals surface area contributed by atoms with E-state index in [0.29, 0.717) is 10.9 Å². The summed E-state index contributed by atoms with van der Waals surface area (Å²) in [6.45, 7) is 6.28. The van der Waals surface area contributed by atoms with Crippen LogP contribution in [0.2, 0.25) is 0 Å². The van der Waals surface area contributed by atoms with Crippen LogP contribution in [0.5, 0.6) is 0 Å². The van der Waals surface area contributed by atoms with Crippen LogP contribution in [-0.2, 0) is 5.41 Å². The van der Waals surface area contributed by atoms with Gasteiger partial charge in [0, 0.05) is 11.6 Å². The number of aromatic carboxylic acids is 1. The fourth-order valence-electron chi connectivity index (χ4n) is 1.97. The molecule has 1 N–H and O–H groups in total. The van der Waals surface area contributed by atoms with Gasteiger partial charge in [0.2, 0.25) is 0 Å². The molecule has 17 heavy (non-hydrogen) atoms. The van der Waals surface area contributed by atoms with E-state index in [1.807, 2.05) is 12.1 Å². The minimum Gasteiger partial charge on any atom is -0.478 e. The molecule has 0 atom stereocenters. The Bertz CT molecular complexity index is 582. The lowest BCUT2D eigenvalue weighted by molar-refractivity contribution is 0.0699. The van der Waals surface area contributed by atoms with Gasteiger partial charge in [-0.15, -0.1) is 0 Å². The number of carboxylic acid groups (broad SMARTS) is 1. The SMILES string of the molecule is CC(C)(C)c1cccc2c(C(=O)O)ccnc12. The number of carbonyl (C=O) groups is 1. The van der Waals surface area contributed by atoms with Crippen LogP contribution >= 0.6 is 0 Å². The fourth-order valence-corrected chi connectivity index (χ4v) is 1.97. The van der Waals surface area contributed by atoms with E-state index < -0.39 is 5.97 Å². The topological polar surface area (TPSA) is 50.2 Å². The van der Waals surface area contributed by atoms with Gasteiger partial charge in [0.05, 0.1) is 11.1 Å². The molecule has 0 aliphatic heterocycles. The van der Waals surface area contributed by atoms with Gasteiger partial charge in [-0.2, -0.15) is 0 Å². The molecule has 0 spiro atoms. The third kappa shape index (κ3) is 2.00. The zero-order chi connectivity index (χ0) is 12.6. The Hall–Kier alpha value is -1.90. The number of nitrogens with zero attached hydrogens (tertiary/aromatic N) is 1. The van der Waals surface area contributed by atoms with E-state index in [-0.39, 0.29) is 5.41 Å². The van der Waals surface area contributed by atoms with Crippen molar-refractivity contribution in [2.45, 2.75) is 26.2 Å². The van der Waals surface area contributed by atoms with Gasteiger partial charge >= 0.3 is 5.97 Å². The molecule has 0 unspecified atom stereocenters. The molecule has 0 saturated carbocycles. The average molecular weight is 229 g/mol. The lowest BCUT2D eigenvalue weighted by Gasteiger charge is -2.20. The summed E-state index contributed by atoms with van der Waals surface area (Å²) in [6, 6.07) is 7.23. The van der Waals surface area contributed by atoms with E-state index >= 15 is 0 Å². The lowest BCUT2D eigenvalue weighted by Crippen LogP contribution is -2.12. The van der Waals surface area contributed by atoms with Gasteiger partial charge in [-0.3, -0.25) is 4.98 Å². The summed E-state index contributed by atoms with van der Waals surface area (Å²) >= 11 is 0. The third-order valence-corrected chi connectivity index (χ3v) is 2.81. The normalized spacial score (nSPS) is 11.7. The predicted molar refractivity (Wildman–Crippen MR) is 67.4 cm³/mol. The number of hydrogen-bond donors (Lipinski definition) is 1. The van der Waals surface area contributed by atoms with Crippen molar-refractivity contribution in [2.24, 2.45) is 0 Å². The van der Waals surface area contributed by atoms with Gasteiger partial charge in [-0.1, -0.05) is 39.0 Å². The Balaban J connectivity index is 2.84. The molecule has 3 heteroatoms. The fraction of sp³-hybridized carbons (Fsp3) is 0.286. The second kappa shape index (κ2) is 3.84. The van der Waals surface area contributed by atoms with Crippen LogP contribution in [0.3, 0.4) is 0 Å². The molecule has 88 valence electrons. The summed E-state index contributed by atoms with van der Waals surface area (Å²) in [5, 5.41) is 9.85. The Morgan fingerprint density at radius 1 is 1.24 bits per heavy atom. The first kappa shape index (κ1) is 11.6. The molecular formula is C14H15NO2. The van der Waals surface area contributed by atoms with Crippen molar-refractivity contribution in [1.29, 1.82) is 0 Å². The molecule has 0 aliphatic rings. The van der Waals surface area contributed by atoms with Crippen molar-refractivity contribution < 1.29 is 9.90 Å². The molecule has 0 radical (unpaired) electrons. The van der Waals surface area contributed by atoms with E-state index in [1.54, 1.807) is 12.3 Å². The van der Waals surface area contributed by atoms with E-state index in [9.17, 15) is 4.79 Å². The summed E-state index contributed by atoms with van der Waals surface area (Å²) in [5.74, 6) is -0.913. The highest BCUT2D eigenvalue weighted by Crippen LogP contribution is 2.29. The zero-order valence-electron chi connectivity index (χ0n) is 10.2. The summed E-state index contributed by atoms with van der Waals surface area (Å²) in [4.78, 5) is 15.5. The molecule has 0 aliphatic carbocycles. The second-order valence-corrected chi connectivity index (χ2v) is 5.12. The molecular weight excluding hydrogens is 214 g/mol. The number of rotatable bonds is 1. The van der Waals surface area contributed by atoms with Gasteiger partial charge in [0.1, 0.15) is 0 Å². The highest BCUT2D eigenvalue weighted by molar-refractivity contribution is 6.03. The number of hydrogen-bond acceptors (Lipinski definition) is 2. The molecule has 1 aromatic carbocycles. The van der Waals surface area contributed by atoms with Crippen molar-refractivity contribution >= 4 is 16.9 Å². The minimum absolute atomic E-state index is 0.0519. The lowest BCUT2D eigenvalue weighted by atomic mass is 9.85. The first-order valence-corrected chi connectivity index (χ1v) is 5.53. The number of aromatic nitrogens is 1. The quantitative estimate of drug-likeness (QED) is 0.816. The van der Waals surface area contributed by atoms with Crippen molar-refractivity contribution in [1.82, 2.24) is 4.98 Å². The van der Waals surface area contributed by atoms with Gasteiger partial charge in [-0.25, -0.2) is 4.79 Å². The highest BCUT2D eigenvalue weighted by Gasteiger charge is 2.19. The Kier molecular flexibility index (Phi) is 2.62. The maximum Gasteiger partial charge on any atom is 0.336 e.